The lowest BCUT2D eigenvalue weighted by Crippen LogP contribution is -2.17. The molecule has 0 unspecified atom stereocenters. The number of rotatable bonds is 1. The quantitative estimate of drug-likeness (QED) is 0.656. The lowest BCUT2D eigenvalue weighted by molar-refractivity contribution is 0.0798. The average molecular weight is 178 g/mol. The van der Waals surface area contributed by atoms with Gasteiger partial charge in [0.15, 0.2) is 0 Å². The first-order valence-corrected chi connectivity index (χ1v) is 4.58. The highest BCUT2D eigenvalue weighted by Gasteiger charge is 2.15. The number of aromatic nitrogens is 2. The molecular formula is C10H14N2O. The molecule has 3 nitrogen and oxygen atoms in total. The number of hydrogen-bond donors (Lipinski definition) is 0. The Morgan fingerprint density at radius 1 is 1.69 bits per heavy atom. The van der Waals surface area contributed by atoms with Gasteiger partial charge in [-0.1, -0.05) is 6.08 Å². The van der Waals surface area contributed by atoms with Crippen molar-refractivity contribution in [3.05, 3.63) is 23.5 Å². The topological polar surface area (TPSA) is 27.1 Å². The summed E-state index contributed by atoms with van der Waals surface area (Å²) in [6.07, 6.45) is 4.03. The third-order valence-corrected chi connectivity index (χ3v) is 2.49. The van der Waals surface area contributed by atoms with Gasteiger partial charge >= 0.3 is 0 Å². The van der Waals surface area contributed by atoms with Crippen LogP contribution in [-0.4, -0.2) is 16.4 Å². The summed E-state index contributed by atoms with van der Waals surface area (Å²) in [5.74, 6) is 0. The van der Waals surface area contributed by atoms with Gasteiger partial charge in [-0.2, -0.15) is 5.10 Å². The van der Waals surface area contributed by atoms with Crippen LogP contribution in [0.25, 0.3) is 5.57 Å². The Bertz CT molecular complexity index is 339. The molecule has 0 amide bonds. The molecule has 2 heterocycles. The van der Waals surface area contributed by atoms with Gasteiger partial charge in [-0.25, -0.2) is 0 Å². The first-order chi connectivity index (χ1) is 6.33. The Hall–Kier alpha value is -1.09. The van der Waals surface area contributed by atoms with Crippen molar-refractivity contribution in [1.82, 2.24) is 9.78 Å². The van der Waals surface area contributed by atoms with Gasteiger partial charge in [0.25, 0.3) is 0 Å². The molecule has 0 atom stereocenters. The third-order valence-electron chi connectivity index (χ3n) is 2.49. The molecule has 0 fully saturated rings. The molecule has 2 rings (SSSR count). The van der Waals surface area contributed by atoms with Crippen LogP contribution in [0.1, 0.15) is 25.1 Å². The van der Waals surface area contributed by atoms with Crippen molar-refractivity contribution in [3.8, 4) is 0 Å². The van der Waals surface area contributed by atoms with Crippen molar-refractivity contribution in [1.29, 1.82) is 0 Å². The predicted molar refractivity (Wildman–Crippen MR) is 51.2 cm³/mol. The standard InChI is InChI=1S/C10H14N2O/c1-3-8(2)9-6-11-12-4-5-13-7-10(9)12/h3,6H,4-5,7H2,1-2H3/b8-3+. The van der Waals surface area contributed by atoms with Crippen LogP contribution in [0.15, 0.2) is 12.3 Å². The van der Waals surface area contributed by atoms with Crippen molar-refractivity contribution in [3.63, 3.8) is 0 Å². The Labute approximate surface area is 78.0 Å². The molecule has 3 heteroatoms. The van der Waals surface area contributed by atoms with Crippen LogP contribution in [0.5, 0.6) is 0 Å². The van der Waals surface area contributed by atoms with Gasteiger partial charge in [0.1, 0.15) is 0 Å². The van der Waals surface area contributed by atoms with E-state index in [0.29, 0.717) is 6.61 Å². The molecule has 0 bridgehead atoms. The summed E-state index contributed by atoms with van der Waals surface area (Å²) in [6, 6.07) is 0. The maximum atomic E-state index is 5.40. The van der Waals surface area contributed by atoms with Crippen molar-refractivity contribution in [2.45, 2.75) is 27.0 Å². The van der Waals surface area contributed by atoms with Gasteiger partial charge in [-0.15, -0.1) is 0 Å². The highest BCUT2D eigenvalue weighted by Crippen LogP contribution is 2.21. The van der Waals surface area contributed by atoms with Crippen molar-refractivity contribution in [2.75, 3.05) is 6.61 Å². The number of fused-ring (bicyclic) bond motifs is 1. The molecule has 1 aromatic heterocycles. The normalized spacial score (nSPS) is 17.2. The van der Waals surface area contributed by atoms with Gasteiger partial charge in [0.05, 0.1) is 31.6 Å². The molecule has 70 valence electrons. The van der Waals surface area contributed by atoms with E-state index in [1.165, 1.54) is 16.8 Å². The van der Waals surface area contributed by atoms with Crippen LogP contribution in [0.3, 0.4) is 0 Å². The maximum Gasteiger partial charge on any atom is 0.0891 e. The second-order valence-corrected chi connectivity index (χ2v) is 3.25. The minimum absolute atomic E-state index is 0.695. The van der Waals surface area contributed by atoms with Crippen LogP contribution < -0.4 is 0 Å². The van der Waals surface area contributed by atoms with E-state index in [0.717, 1.165) is 13.2 Å². The Kier molecular flexibility index (Phi) is 2.19. The molecule has 1 aliphatic rings. The summed E-state index contributed by atoms with van der Waals surface area (Å²) in [4.78, 5) is 0. The van der Waals surface area contributed by atoms with E-state index in [4.69, 9.17) is 4.74 Å². The molecule has 0 radical (unpaired) electrons. The SMILES string of the molecule is C/C=C(\C)c1cnn2c1COCC2. The number of nitrogens with zero attached hydrogens (tertiary/aromatic N) is 2. The monoisotopic (exact) mass is 178 g/mol. The molecule has 0 spiro atoms. The van der Waals surface area contributed by atoms with Crippen molar-refractivity contribution in [2.24, 2.45) is 0 Å². The molecule has 0 saturated heterocycles. The molecule has 0 aliphatic carbocycles. The summed E-state index contributed by atoms with van der Waals surface area (Å²) in [5, 5.41) is 4.32. The van der Waals surface area contributed by atoms with E-state index in [1.807, 2.05) is 17.8 Å². The minimum Gasteiger partial charge on any atom is -0.373 e. The summed E-state index contributed by atoms with van der Waals surface area (Å²) >= 11 is 0. The van der Waals surface area contributed by atoms with E-state index in [-0.39, 0.29) is 0 Å². The van der Waals surface area contributed by atoms with Crippen molar-refractivity contribution < 1.29 is 4.74 Å². The summed E-state index contributed by atoms with van der Waals surface area (Å²) in [6.45, 7) is 6.51. The summed E-state index contributed by atoms with van der Waals surface area (Å²) in [7, 11) is 0. The molecule has 0 saturated carbocycles. The molecule has 13 heavy (non-hydrogen) atoms. The zero-order valence-electron chi connectivity index (χ0n) is 8.08. The highest BCUT2D eigenvalue weighted by molar-refractivity contribution is 5.64. The van der Waals surface area contributed by atoms with Crippen LogP contribution in [0.2, 0.25) is 0 Å². The number of hydrogen-bond acceptors (Lipinski definition) is 2. The third kappa shape index (κ3) is 1.40. The zero-order chi connectivity index (χ0) is 9.26. The van der Waals surface area contributed by atoms with E-state index >= 15 is 0 Å². The fraction of sp³-hybridized carbons (Fsp3) is 0.500. The minimum atomic E-state index is 0.695. The lowest BCUT2D eigenvalue weighted by atomic mass is 10.1. The smallest absolute Gasteiger partial charge is 0.0891 e. The van der Waals surface area contributed by atoms with Crippen LogP contribution in [-0.2, 0) is 17.9 Å². The number of allylic oxidation sites excluding steroid dienone is 2. The van der Waals surface area contributed by atoms with Gasteiger partial charge in [0.2, 0.25) is 0 Å². The first-order valence-electron chi connectivity index (χ1n) is 4.58. The van der Waals surface area contributed by atoms with Gasteiger partial charge in [0, 0.05) is 5.56 Å². The first kappa shape index (κ1) is 8.51. The molecule has 1 aliphatic heterocycles. The van der Waals surface area contributed by atoms with E-state index in [2.05, 4.69) is 18.1 Å². The van der Waals surface area contributed by atoms with E-state index < -0.39 is 0 Å². The van der Waals surface area contributed by atoms with Gasteiger partial charge < -0.3 is 4.74 Å². The molecular weight excluding hydrogens is 164 g/mol. The fourth-order valence-electron chi connectivity index (χ4n) is 1.56. The second-order valence-electron chi connectivity index (χ2n) is 3.25. The van der Waals surface area contributed by atoms with Crippen LogP contribution >= 0.6 is 0 Å². The average Bonchev–Trinajstić information content (AvgIpc) is 2.60. The van der Waals surface area contributed by atoms with Gasteiger partial charge in [-0.05, 0) is 19.4 Å². The van der Waals surface area contributed by atoms with E-state index in [9.17, 15) is 0 Å². The Balaban J connectivity index is 2.42. The second kappa shape index (κ2) is 3.34. The van der Waals surface area contributed by atoms with Crippen LogP contribution in [0.4, 0.5) is 0 Å². The lowest BCUT2D eigenvalue weighted by Gasteiger charge is -2.15. The largest absolute Gasteiger partial charge is 0.373 e. The van der Waals surface area contributed by atoms with Crippen molar-refractivity contribution >= 4 is 5.57 Å². The molecule has 0 N–H and O–H groups in total. The summed E-state index contributed by atoms with van der Waals surface area (Å²) < 4.78 is 7.44. The molecule has 1 aromatic rings. The fourth-order valence-corrected chi connectivity index (χ4v) is 1.56. The van der Waals surface area contributed by atoms with Gasteiger partial charge in [-0.3, -0.25) is 4.68 Å². The maximum absolute atomic E-state index is 5.40. The Morgan fingerprint density at radius 2 is 2.54 bits per heavy atom. The number of ether oxygens (including phenoxy) is 1. The molecule has 0 aromatic carbocycles. The Morgan fingerprint density at radius 3 is 3.31 bits per heavy atom. The van der Waals surface area contributed by atoms with E-state index in [1.54, 1.807) is 0 Å². The predicted octanol–water partition coefficient (Wildman–Crippen LogP) is 1.84. The highest BCUT2D eigenvalue weighted by atomic mass is 16.5. The zero-order valence-corrected chi connectivity index (χ0v) is 8.08. The summed E-state index contributed by atoms with van der Waals surface area (Å²) in [5.41, 5.74) is 3.70. The van der Waals surface area contributed by atoms with Crippen LogP contribution in [0, 0.1) is 0 Å².